The lowest BCUT2D eigenvalue weighted by atomic mass is 10.0. The Kier molecular flexibility index (Phi) is 4.51. The van der Waals surface area contributed by atoms with Gasteiger partial charge in [0.25, 0.3) is 0 Å². The van der Waals surface area contributed by atoms with Crippen LogP contribution in [0, 0.1) is 19.8 Å². The van der Waals surface area contributed by atoms with Gasteiger partial charge in [0.1, 0.15) is 5.82 Å². The number of nitrogens with one attached hydrogen (secondary N) is 1. The van der Waals surface area contributed by atoms with Crippen LogP contribution in [-0.2, 0) is 11.2 Å². The Morgan fingerprint density at radius 1 is 1.35 bits per heavy atom. The van der Waals surface area contributed by atoms with Crippen LogP contribution in [0.2, 0.25) is 0 Å². The van der Waals surface area contributed by atoms with E-state index in [2.05, 4.69) is 49.4 Å². The second-order valence-corrected chi connectivity index (χ2v) is 6.72. The zero-order valence-electron chi connectivity index (χ0n) is 14.2. The van der Waals surface area contributed by atoms with E-state index in [1.165, 1.54) is 29.5 Å². The van der Waals surface area contributed by atoms with E-state index in [0.29, 0.717) is 18.4 Å². The van der Waals surface area contributed by atoms with Gasteiger partial charge in [-0.15, -0.1) is 0 Å². The van der Waals surface area contributed by atoms with E-state index in [4.69, 9.17) is 0 Å². The topological polar surface area (TPSA) is 46.9 Å². The second kappa shape index (κ2) is 6.57. The highest BCUT2D eigenvalue weighted by Crippen LogP contribution is 2.40. The summed E-state index contributed by atoms with van der Waals surface area (Å²) in [6.07, 6.45) is 5.55. The van der Waals surface area contributed by atoms with Gasteiger partial charge in [0.2, 0.25) is 5.91 Å². The molecule has 23 heavy (non-hydrogen) atoms. The van der Waals surface area contributed by atoms with Gasteiger partial charge in [-0.25, -0.2) is 4.68 Å². The van der Waals surface area contributed by atoms with Crippen LogP contribution in [0.4, 0.5) is 5.82 Å². The number of aryl methyl sites for hydroxylation is 3. The van der Waals surface area contributed by atoms with Crippen molar-refractivity contribution in [1.82, 2.24) is 9.78 Å². The molecule has 3 rings (SSSR count). The van der Waals surface area contributed by atoms with Gasteiger partial charge in [-0.05, 0) is 57.1 Å². The Labute approximate surface area is 137 Å². The molecular formula is C19H25N3O. The van der Waals surface area contributed by atoms with Crippen LogP contribution in [-0.4, -0.2) is 15.7 Å². The standard InChI is InChI=1S/C19H25N3O/c1-13-4-5-16(14(2)12-13)8-9-19(23)21-18-10-11-20-22(18)15(3)17-6-7-17/h4-5,10-12,15,17H,6-9H2,1-3H3,(H,21,23). The van der Waals surface area contributed by atoms with E-state index in [1.54, 1.807) is 6.20 Å². The first-order valence-electron chi connectivity index (χ1n) is 8.44. The van der Waals surface area contributed by atoms with Gasteiger partial charge in [-0.1, -0.05) is 23.8 Å². The van der Waals surface area contributed by atoms with Gasteiger partial charge in [-0.3, -0.25) is 4.79 Å². The van der Waals surface area contributed by atoms with Gasteiger partial charge in [0.05, 0.1) is 12.2 Å². The fraction of sp³-hybridized carbons (Fsp3) is 0.474. The Morgan fingerprint density at radius 3 is 2.83 bits per heavy atom. The average Bonchev–Trinajstić information content (AvgIpc) is 3.26. The smallest absolute Gasteiger partial charge is 0.225 e. The number of carbonyl (C=O) groups excluding carboxylic acids is 1. The number of aromatic nitrogens is 2. The molecule has 1 amide bonds. The maximum atomic E-state index is 12.3. The third kappa shape index (κ3) is 3.81. The third-order valence-electron chi connectivity index (χ3n) is 4.75. The molecule has 0 bridgehead atoms. The zero-order chi connectivity index (χ0) is 16.4. The molecule has 1 atom stereocenters. The molecule has 1 aliphatic rings. The summed E-state index contributed by atoms with van der Waals surface area (Å²) in [6, 6.07) is 8.64. The van der Waals surface area contributed by atoms with Crippen molar-refractivity contribution in [3.63, 3.8) is 0 Å². The van der Waals surface area contributed by atoms with Crippen molar-refractivity contribution in [2.45, 2.75) is 52.5 Å². The molecule has 0 radical (unpaired) electrons. The molecule has 1 heterocycles. The van der Waals surface area contributed by atoms with Crippen LogP contribution in [0.3, 0.4) is 0 Å². The molecule has 4 heteroatoms. The molecule has 1 aromatic carbocycles. The Bertz CT molecular complexity index is 700. The first-order valence-corrected chi connectivity index (χ1v) is 8.44. The Hall–Kier alpha value is -2.10. The number of nitrogens with zero attached hydrogens (tertiary/aromatic N) is 2. The quantitative estimate of drug-likeness (QED) is 0.875. The highest BCUT2D eigenvalue weighted by Gasteiger charge is 2.30. The van der Waals surface area contributed by atoms with E-state index in [0.717, 1.165) is 12.2 Å². The largest absolute Gasteiger partial charge is 0.311 e. The summed E-state index contributed by atoms with van der Waals surface area (Å²) in [5.41, 5.74) is 3.75. The SMILES string of the molecule is Cc1ccc(CCC(=O)Nc2ccnn2C(C)C2CC2)c(C)c1. The first-order chi connectivity index (χ1) is 11.0. The van der Waals surface area contributed by atoms with Gasteiger partial charge < -0.3 is 5.32 Å². The lowest BCUT2D eigenvalue weighted by Gasteiger charge is -2.15. The number of amides is 1. The van der Waals surface area contributed by atoms with Gasteiger partial charge in [-0.2, -0.15) is 5.10 Å². The predicted molar refractivity (Wildman–Crippen MR) is 92.5 cm³/mol. The minimum Gasteiger partial charge on any atom is -0.311 e. The summed E-state index contributed by atoms with van der Waals surface area (Å²) < 4.78 is 1.95. The predicted octanol–water partition coefficient (Wildman–Crippen LogP) is 4.04. The van der Waals surface area contributed by atoms with Gasteiger partial charge >= 0.3 is 0 Å². The number of hydrogen-bond donors (Lipinski definition) is 1. The number of rotatable bonds is 6. The molecule has 1 aliphatic carbocycles. The van der Waals surface area contributed by atoms with Crippen LogP contribution in [0.1, 0.15) is 48.9 Å². The molecule has 1 fully saturated rings. The van der Waals surface area contributed by atoms with Crippen molar-refractivity contribution in [1.29, 1.82) is 0 Å². The van der Waals surface area contributed by atoms with E-state index >= 15 is 0 Å². The lowest BCUT2D eigenvalue weighted by molar-refractivity contribution is -0.116. The van der Waals surface area contributed by atoms with Crippen molar-refractivity contribution in [3.8, 4) is 0 Å². The second-order valence-electron chi connectivity index (χ2n) is 6.72. The number of anilines is 1. The summed E-state index contributed by atoms with van der Waals surface area (Å²) in [4.78, 5) is 12.3. The zero-order valence-corrected chi connectivity index (χ0v) is 14.2. The molecule has 1 aromatic heterocycles. The molecule has 2 aromatic rings. The molecule has 1 N–H and O–H groups in total. The first kappa shape index (κ1) is 15.8. The normalized spacial score (nSPS) is 15.4. The number of hydrogen-bond acceptors (Lipinski definition) is 2. The van der Waals surface area contributed by atoms with Crippen molar-refractivity contribution >= 4 is 11.7 Å². The Morgan fingerprint density at radius 2 is 2.13 bits per heavy atom. The van der Waals surface area contributed by atoms with Crippen LogP contribution in [0.5, 0.6) is 0 Å². The lowest BCUT2D eigenvalue weighted by Crippen LogP contribution is -2.18. The summed E-state index contributed by atoms with van der Waals surface area (Å²) in [6.45, 7) is 6.37. The number of benzene rings is 1. The molecule has 1 unspecified atom stereocenters. The minimum atomic E-state index is 0.0507. The van der Waals surface area contributed by atoms with Crippen molar-refractivity contribution in [2.75, 3.05) is 5.32 Å². The van der Waals surface area contributed by atoms with Crippen LogP contribution < -0.4 is 5.32 Å². The number of carbonyl (C=O) groups is 1. The summed E-state index contributed by atoms with van der Waals surface area (Å²) in [5, 5.41) is 7.39. The Balaban J connectivity index is 1.58. The molecule has 0 spiro atoms. The maximum absolute atomic E-state index is 12.3. The summed E-state index contributed by atoms with van der Waals surface area (Å²) in [7, 11) is 0. The molecule has 4 nitrogen and oxygen atoms in total. The van der Waals surface area contributed by atoms with Crippen LogP contribution in [0.15, 0.2) is 30.5 Å². The highest BCUT2D eigenvalue weighted by molar-refractivity contribution is 5.90. The molecule has 122 valence electrons. The molecule has 1 saturated carbocycles. The third-order valence-corrected chi connectivity index (χ3v) is 4.75. The van der Waals surface area contributed by atoms with E-state index in [9.17, 15) is 4.79 Å². The van der Waals surface area contributed by atoms with E-state index in [1.807, 2.05) is 10.7 Å². The van der Waals surface area contributed by atoms with Crippen molar-refractivity contribution < 1.29 is 4.79 Å². The summed E-state index contributed by atoms with van der Waals surface area (Å²) >= 11 is 0. The molecule has 0 aliphatic heterocycles. The fourth-order valence-corrected chi connectivity index (χ4v) is 3.10. The fourth-order valence-electron chi connectivity index (χ4n) is 3.10. The van der Waals surface area contributed by atoms with Crippen LogP contribution in [0.25, 0.3) is 0 Å². The van der Waals surface area contributed by atoms with E-state index in [-0.39, 0.29) is 5.91 Å². The van der Waals surface area contributed by atoms with Crippen LogP contribution >= 0.6 is 0 Å². The highest BCUT2D eigenvalue weighted by atomic mass is 16.1. The monoisotopic (exact) mass is 311 g/mol. The summed E-state index contributed by atoms with van der Waals surface area (Å²) in [5.74, 6) is 1.57. The molecular weight excluding hydrogens is 286 g/mol. The average molecular weight is 311 g/mol. The minimum absolute atomic E-state index is 0.0507. The van der Waals surface area contributed by atoms with Crippen molar-refractivity contribution in [3.05, 3.63) is 47.2 Å². The van der Waals surface area contributed by atoms with Crippen molar-refractivity contribution in [2.24, 2.45) is 5.92 Å². The molecule has 0 saturated heterocycles. The maximum Gasteiger partial charge on any atom is 0.225 e. The van der Waals surface area contributed by atoms with E-state index < -0.39 is 0 Å². The van der Waals surface area contributed by atoms with Gasteiger partial charge in [0.15, 0.2) is 0 Å². The van der Waals surface area contributed by atoms with Gasteiger partial charge in [0, 0.05) is 12.5 Å².